The lowest BCUT2D eigenvalue weighted by atomic mass is 10.00. The number of benzene rings is 2. The molecule has 0 saturated carbocycles. The molecular weight excluding hydrogens is 492 g/mol. The smallest absolute Gasteiger partial charge is 0.161 e. The molecule has 0 aliphatic carbocycles. The fourth-order valence-corrected chi connectivity index (χ4v) is 3.88. The third-order valence-electron chi connectivity index (χ3n) is 4.20. The molecule has 1 aromatic heterocycles. The molecule has 1 heterocycles. The number of methoxy groups -OCH3 is 4. The fourth-order valence-electron chi connectivity index (χ4n) is 2.84. The van der Waals surface area contributed by atoms with Gasteiger partial charge in [-0.3, -0.25) is 0 Å². The van der Waals surface area contributed by atoms with Crippen molar-refractivity contribution in [2.75, 3.05) is 28.4 Å². The number of rotatable bonds is 6. The lowest BCUT2D eigenvalue weighted by molar-refractivity contribution is 0.355. The van der Waals surface area contributed by atoms with Crippen LogP contribution in [0.4, 0.5) is 0 Å². The number of halogens is 2. The summed E-state index contributed by atoms with van der Waals surface area (Å²) in [5, 5.41) is 0. The topological polar surface area (TPSA) is 62.7 Å². The molecule has 0 radical (unpaired) electrons. The molecule has 3 aromatic rings. The molecule has 0 aliphatic heterocycles. The van der Waals surface area contributed by atoms with Crippen molar-refractivity contribution in [3.8, 4) is 45.4 Å². The van der Waals surface area contributed by atoms with E-state index in [0.29, 0.717) is 23.0 Å². The first-order chi connectivity index (χ1) is 13.5. The Hall–Kier alpha value is -2.32. The first-order valence-electron chi connectivity index (χ1n) is 8.17. The Kier molecular flexibility index (Phi) is 6.41. The van der Waals surface area contributed by atoms with Gasteiger partial charge in [0.1, 0.15) is 6.33 Å². The molecule has 8 heteroatoms. The summed E-state index contributed by atoms with van der Waals surface area (Å²) in [7, 11) is 6.40. The number of aromatic nitrogens is 2. The van der Waals surface area contributed by atoms with Crippen LogP contribution < -0.4 is 18.9 Å². The van der Waals surface area contributed by atoms with Gasteiger partial charge in [-0.15, -0.1) is 0 Å². The van der Waals surface area contributed by atoms with Crippen LogP contribution in [0.2, 0.25) is 0 Å². The predicted molar refractivity (Wildman–Crippen MR) is 115 cm³/mol. The largest absolute Gasteiger partial charge is 0.493 e. The van der Waals surface area contributed by atoms with Gasteiger partial charge in [-0.2, -0.15) is 0 Å². The summed E-state index contributed by atoms with van der Waals surface area (Å²) in [4.78, 5) is 8.74. The lowest BCUT2D eigenvalue weighted by Crippen LogP contribution is -1.97. The molecule has 0 amide bonds. The summed E-state index contributed by atoms with van der Waals surface area (Å²) in [6, 6.07) is 7.47. The highest BCUT2D eigenvalue weighted by Crippen LogP contribution is 2.44. The van der Waals surface area contributed by atoms with Gasteiger partial charge in [-0.25, -0.2) is 9.97 Å². The first kappa shape index (κ1) is 20.4. The monoisotopic (exact) mass is 508 g/mol. The highest BCUT2D eigenvalue weighted by molar-refractivity contribution is 9.11. The summed E-state index contributed by atoms with van der Waals surface area (Å²) in [6.45, 7) is 0. The third-order valence-corrected chi connectivity index (χ3v) is 5.52. The van der Waals surface area contributed by atoms with Gasteiger partial charge in [0.05, 0.1) is 34.1 Å². The van der Waals surface area contributed by atoms with Crippen molar-refractivity contribution in [1.82, 2.24) is 9.97 Å². The average Bonchev–Trinajstić information content (AvgIpc) is 2.73. The molecule has 0 spiro atoms. The zero-order chi connectivity index (χ0) is 20.3. The minimum atomic E-state index is 0.608. The maximum Gasteiger partial charge on any atom is 0.161 e. The summed E-state index contributed by atoms with van der Waals surface area (Å²) >= 11 is 7.23. The Morgan fingerprint density at radius 2 is 1.11 bits per heavy atom. The van der Waals surface area contributed by atoms with Crippen molar-refractivity contribution in [2.45, 2.75) is 0 Å². The molecule has 0 unspecified atom stereocenters. The lowest BCUT2D eigenvalue weighted by Gasteiger charge is -2.16. The normalized spacial score (nSPS) is 10.5. The van der Waals surface area contributed by atoms with Gasteiger partial charge < -0.3 is 18.9 Å². The van der Waals surface area contributed by atoms with Crippen LogP contribution in [-0.4, -0.2) is 38.4 Å². The van der Waals surface area contributed by atoms with Gasteiger partial charge >= 0.3 is 0 Å². The Morgan fingerprint density at radius 3 is 1.64 bits per heavy atom. The Labute approximate surface area is 180 Å². The maximum atomic E-state index is 5.46. The molecule has 28 heavy (non-hydrogen) atoms. The molecule has 146 valence electrons. The van der Waals surface area contributed by atoms with Crippen molar-refractivity contribution in [3.05, 3.63) is 45.7 Å². The van der Waals surface area contributed by atoms with E-state index in [-0.39, 0.29) is 0 Å². The van der Waals surface area contributed by atoms with Crippen molar-refractivity contribution in [3.63, 3.8) is 0 Å². The first-order valence-corrected chi connectivity index (χ1v) is 9.76. The van der Waals surface area contributed by atoms with Gasteiger partial charge in [0.25, 0.3) is 0 Å². The van der Waals surface area contributed by atoms with E-state index in [1.54, 1.807) is 34.6 Å². The summed E-state index contributed by atoms with van der Waals surface area (Å²) < 4.78 is 23.3. The van der Waals surface area contributed by atoms with Crippen LogP contribution in [0.25, 0.3) is 22.4 Å². The Morgan fingerprint density at radius 1 is 0.643 bits per heavy atom. The molecule has 3 rings (SSSR count). The number of hydrogen-bond donors (Lipinski definition) is 0. The van der Waals surface area contributed by atoms with Crippen LogP contribution >= 0.6 is 31.9 Å². The molecule has 0 saturated heterocycles. The van der Waals surface area contributed by atoms with Crippen molar-refractivity contribution in [2.24, 2.45) is 0 Å². The van der Waals surface area contributed by atoms with Crippen LogP contribution in [0.3, 0.4) is 0 Å². The fraction of sp³-hybridized carbons (Fsp3) is 0.200. The van der Waals surface area contributed by atoms with Crippen molar-refractivity contribution in [1.29, 1.82) is 0 Å². The number of hydrogen-bond acceptors (Lipinski definition) is 6. The van der Waals surface area contributed by atoms with Crippen LogP contribution in [0.15, 0.2) is 45.7 Å². The number of ether oxygens (including phenoxy) is 4. The maximum absolute atomic E-state index is 5.46. The van der Waals surface area contributed by atoms with E-state index in [2.05, 4.69) is 41.8 Å². The molecular formula is C20H18Br2N2O4. The zero-order valence-corrected chi connectivity index (χ0v) is 18.9. The molecule has 0 fully saturated rings. The second kappa shape index (κ2) is 8.79. The van der Waals surface area contributed by atoms with Gasteiger partial charge in [0, 0.05) is 31.8 Å². The molecule has 6 nitrogen and oxygen atoms in total. The van der Waals surface area contributed by atoms with Gasteiger partial charge in [0.15, 0.2) is 23.0 Å². The highest BCUT2D eigenvalue weighted by atomic mass is 79.9. The van der Waals surface area contributed by atoms with E-state index < -0.39 is 0 Å². The van der Waals surface area contributed by atoms with E-state index in [0.717, 1.165) is 31.3 Å². The second-order valence-electron chi connectivity index (χ2n) is 5.66. The van der Waals surface area contributed by atoms with E-state index in [1.165, 1.54) is 6.33 Å². The predicted octanol–water partition coefficient (Wildman–Crippen LogP) is 5.37. The minimum absolute atomic E-state index is 0.608. The van der Waals surface area contributed by atoms with Crippen molar-refractivity contribution < 1.29 is 18.9 Å². The highest BCUT2D eigenvalue weighted by Gasteiger charge is 2.19. The van der Waals surface area contributed by atoms with Crippen molar-refractivity contribution >= 4 is 31.9 Å². The van der Waals surface area contributed by atoms with E-state index in [1.807, 2.05) is 24.3 Å². The molecule has 0 aliphatic rings. The average molecular weight is 510 g/mol. The van der Waals surface area contributed by atoms with Crippen LogP contribution in [0.5, 0.6) is 23.0 Å². The summed E-state index contributed by atoms with van der Waals surface area (Å²) in [6.07, 6.45) is 3.27. The van der Waals surface area contributed by atoms with Gasteiger partial charge in [-0.1, -0.05) is 15.9 Å². The second-order valence-corrected chi connectivity index (χ2v) is 7.37. The summed E-state index contributed by atoms with van der Waals surface area (Å²) in [5.74, 6) is 2.48. The number of nitrogens with zero attached hydrogens (tertiary/aromatic N) is 2. The molecule has 2 aromatic carbocycles. The Bertz CT molecular complexity index is 931. The van der Waals surface area contributed by atoms with Gasteiger partial charge in [0.2, 0.25) is 0 Å². The standard InChI is InChI=1S/C20H18Br2N2O4/c1-25-16-5-11(14(21)7-18(16)27-3)13-9-23-10-24-20(13)12-6-17(26-2)19(28-4)8-15(12)22/h5-10H,1-4H3. The minimum Gasteiger partial charge on any atom is -0.493 e. The Balaban J connectivity index is 2.24. The van der Waals surface area contributed by atoms with Crippen LogP contribution in [0.1, 0.15) is 0 Å². The third kappa shape index (κ3) is 3.79. The molecule has 0 bridgehead atoms. The quantitative estimate of drug-likeness (QED) is 0.445. The zero-order valence-electron chi connectivity index (χ0n) is 15.7. The van der Waals surface area contributed by atoms with Crippen LogP contribution in [0, 0.1) is 0 Å². The summed E-state index contributed by atoms with van der Waals surface area (Å²) in [5.41, 5.74) is 3.27. The van der Waals surface area contributed by atoms with E-state index >= 15 is 0 Å². The van der Waals surface area contributed by atoms with E-state index in [9.17, 15) is 0 Å². The molecule has 0 atom stereocenters. The van der Waals surface area contributed by atoms with E-state index in [4.69, 9.17) is 18.9 Å². The van der Waals surface area contributed by atoms with Crippen LogP contribution in [-0.2, 0) is 0 Å². The van der Waals surface area contributed by atoms with Gasteiger partial charge in [-0.05, 0) is 40.2 Å². The molecule has 0 N–H and O–H groups in total. The SMILES string of the molecule is COc1cc(Br)c(-c2cncnc2-c2cc(OC)c(OC)cc2Br)cc1OC.